The SMILES string of the molecule is CN=C(NCCOCC1CCCO1)NC1CCCN(C2CCCCC2)C1.I. The van der Waals surface area contributed by atoms with Gasteiger partial charge in [-0.15, -0.1) is 24.0 Å². The number of aliphatic imine (C=N–C) groups is 1. The van der Waals surface area contributed by atoms with E-state index in [0.29, 0.717) is 25.4 Å². The minimum absolute atomic E-state index is 0. The van der Waals surface area contributed by atoms with Gasteiger partial charge in [0.15, 0.2) is 5.96 Å². The molecule has 3 aliphatic rings. The highest BCUT2D eigenvalue weighted by Crippen LogP contribution is 2.25. The summed E-state index contributed by atoms with van der Waals surface area (Å²) in [5.74, 6) is 0.904. The monoisotopic (exact) mass is 494 g/mol. The van der Waals surface area contributed by atoms with E-state index in [9.17, 15) is 0 Å². The number of hydrogen-bond donors (Lipinski definition) is 2. The summed E-state index contributed by atoms with van der Waals surface area (Å²) in [5, 5.41) is 7.01. The third kappa shape index (κ3) is 8.03. The molecule has 2 atom stereocenters. The van der Waals surface area contributed by atoms with Crippen LogP contribution < -0.4 is 10.6 Å². The Morgan fingerprint density at radius 2 is 1.96 bits per heavy atom. The highest BCUT2D eigenvalue weighted by molar-refractivity contribution is 14.0. The molecule has 0 radical (unpaired) electrons. The van der Waals surface area contributed by atoms with Crippen molar-refractivity contribution in [3.8, 4) is 0 Å². The maximum Gasteiger partial charge on any atom is 0.191 e. The van der Waals surface area contributed by atoms with E-state index in [-0.39, 0.29) is 24.0 Å². The van der Waals surface area contributed by atoms with E-state index in [0.717, 1.165) is 38.1 Å². The Balaban J connectivity index is 0.00000261. The smallest absolute Gasteiger partial charge is 0.191 e. The van der Waals surface area contributed by atoms with Gasteiger partial charge in [-0.3, -0.25) is 9.89 Å². The molecule has 0 bridgehead atoms. The van der Waals surface area contributed by atoms with Crippen molar-refractivity contribution in [2.45, 2.75) is 76.0 Å². The van der Waals surface area contributed by atoms with Crippen LogP contribution in [0.3, 0.4) is 0 Å². The lowest BCUT2D eigenvalue weighted by molar-refractivity contribution is 0.0190. The molecule has 1 saturated carbocycles. The lowest BCUT2D eigenvalue weighted by Crippen LogP contribution is -2.53. The first-order valence-corrected chi connectivity index (χ1v) is 10.8. The Morgan fingerprint density at radius 3 is 2.70 bits per heavy atom. The predicted molar refractivity (Wildman–Crippen MR) is 121 cm³/mol. The summed E-state index contributed by atoms with van der Waals surface area (Å²) < 4.78 is 11.3. The number of nitrogens with one attached hydrogen (secondary N) is 2. The van der Waals surface area contributed by atoms with Crippen molar-refractivity contribution in [2.75, 3.05) is 46.5 Å². The highest BCUT2D eigenvalue weighted by atomic mass is 127. The molecular weight excluding hydrogens is 455 g/mol. The summed E-state index contributed by atoms with van der Waals surface area (Å²) in [6.07, 6.45) is 12.2. The van der Waals surface area contributed by atoms with E-state index in [1.165, 1.54) is 57.9 Å². The average molecular weight is 494 g/mol. The number of likely N-dealkylation sites (tertiary alicyclic amines) is 1. The van der Waals surface area contributed by atoms with Gasteiger partial charge in [0.1, 0.15) is 0 Å². The first-order valence-electron chi connectivity index (χ1n) is 10.8. The van der Waals surface area contributed by atoms with Gasteiger partial charge in [0, 0.05) is 38.8 Å². The number of ether oxygens (including phenoxy) is 2. The largest absolute Gasteiger partial charge is 0.377 e. The molecule has 2 unspecified atom stereocenters. The number of hydrogen-bond acceptors (Lipinski definition) is 4. The van der Waals surface area contributed by atoms with Gasteiger partial charge in [-0.1, -0.05) is 19.3 Å². The molecule has 0 amide bonds. The summed E-state index contributed by atoms with van der Waals surface area (Å²) in [5.41, 5.74) is 0. The van der Waals surface area contributed by atoms with Crippen LogP contribution in [0.2, 0.25) is 0 Å². The van der Waals surface area contributed by atoms with Crippen molar-refractivity contribution < 1.29 is 9.47 Å². The van der Waals surface area contributed by atoms with Crippen LogP contribution in [0.1, 0.15) is 57.8 Å². The van der Waals surface area contributed by atoms with E-state index in [1.54, 1.807) is 0 Å². The molecule has 6 nitrogen and oxygen atoms in total. The van der Waals surface area contributed by atoms with E-state index in [2.05, 4.69) is 20.5 Å². The number of piperidine rings is 1. The quantitative estimate of drug-likeness (QED) is 0.247. The third-order valence-electron chi connectivity index (χ3n) is 5.97. The van der Waals surface area contributed by atoms with Crippen molar-refractivity contribution in [1.29, 1.82) is 0 Å². The van der Waals surface area contributed by atoms with Gasteiger partial charge in [-0.2, -0.15) is 0 Å². The zero-order chi connectivity index (χ0) is 18.0. The molecule has 3 fully saturated rings. The van der Waals surface area contributed by atoms with Gasteiger partial charge >= 0.3 is 0 Å². The van der Waals surface area contributed by atoms with E-state index >= 15 is 0 Å². The summed E-state index contributed by atoms with van der Waals surface area (Å²) in [6.45, 7) is 5.51. The standard InChI is InChI=1S/C20H38N4O2.HI/c1-21-20(22-11-14-25-16-19-10-6-13-26-19)23-17-7-5-12-24(15-17)18-8-3-2-4-9-18;/h17-19H,2-16H2,1H3,(H2,21,22,23);1H. The minimum Gasteiger partial charge on any atom is -0.377 e. The van der Waals surface area contributed by atoms with Gasteiger partial charge in [0.2, 0.25) is 0 Å². The number of nitrogens with zero attached hydrogens (tertiary/aromatic N) is 2. The Kier molecular flexibility index (Phi) is 11.3. The van der Waals surface area contributed by atoms with Gasteiger partial charge in [0.25, 0.3) is 0 Å². The zero-order valence-corrected chi connectivity index (χ0v) is 19.3. The molecule has 2 N–H and O–H groups in total. The zero-order valence-electron chi connectivity index (χ0n) is 17.0. The van der Waals surface area contributed by atoms with E-state index in [4.69, 9.17) is 9.47 Å². The molecule has 0 aromatic rings. The Morgan fingerprint density at radius 1 is 1.11 bits per heavy atom. The normalized spacial score (nSPS) is 28.0. The minimum atomic E-state index is 0. The maximum atomic E-state index is 5.72. The van der Waals surface area contributed by atoms with Crippen LogP contribution in [-0.4, -0.2) is 75.5 Å². The Bertz CT molecular complexity index is 426. The summed E-state index contributed by atoms with van der Waals surface area (Å²) >= 11 is 0. The molecule has 7 heteroatoms. The van der Waals surface area contributed by atoms with Crippen molar-refractivity contribution in [1.82, 2.24) is 15.5 Å². The Labute approximate surface area is 182 Å². The molecule has 0 aromatic carbocycles. The van der Waals surface area contributed by atoms with Crippen molar-refractivity contribution in [3.63, 3.8) is 0 Å². The molecule has 2 saturated heterocycles. The molecule has 27 heavy (non-hydrogen) atoms. The summed E-state index contributed by atoms with van der Waals surface area (Å²) in [4.78, 5) is 7.11. The first-order chi connectivity index (χ1) is 12.8. The van der Waals surface area contributed by atoms with Crippen LogP contribution in [0.4, 0.5) is 0 Å². The number of rotatable bonds is 7. The van der Waals surface area contributed by atoms with Crippen LogP contribution in [0.15, 0.2) is 4.99 Å². The lowest BCUT2D eigenvalue weighted by atomic mass is 9.92. The van der Waals surface area contributed by atoms with Crippen molar-refractivity contribution >= 4 is 29.9 Å². The van der Waals surface area contributed by atoms with Crippen LogP contribution in [0.25, 0.3) is 0 Å². The number of guanidine groups is 1. The fraction of sp³-hybridized carbons (Fsp3) is 0.950. The second-order valence-electron chi connectivity index (χ2n) is 7.98. The lowest BCUT2D eigenvalue weighted by Gasteiger charge is -2.40. The number of halogens is 1. The highest BCUT2D eigenvalue weighted by Gasteiger charge is 2.27. The summed E-state index contributed by atoms with van der Waals surface area (Å²) in [7, 11) is 1.85. The predicted octanol–water partition coefficient (Wildman–Crippen LogP) is 2.76. The second kappa shape index (κ2) is 13.2. The fourth-order valence-corrected chi connectivity index (χ4v) is 4.52. The molecule has 158 valence electrons. The van der Waals surface area contributed by atoms with E-state index in [1.807, 2.05) is 7.05 Å². The van der Waals surface area contributed by atoms with Crippen molar-refractivity contribution in [2.24, 2.45) is 4.99 Å². The molecule has 0 spiro atoms. The van der Waals surface area contributed by atoms with Crippen LogP contribution >= 0.6 is 24.0 Å². The molecule has 2 heterocycles. The molecule has 0 aromatic heterocycles. The fourth-order valence-electron chi connectivity index (χ4n) is 4.52. The third-order valence-corrected chi connectivity index (χ3v) is 5.97. The second-order valence-corrected chi connectivity index (χ2v) is 7.98. The molecular formula is C20H39IN4O2. The van der Waals surface area contributed by atoms with Gasteiger partial charge < -0.3 is 20.1 Å². The van der Waals surface area contributed by atoms with Crippen molar-refractivity contribution in [3.05, 3.63) is 0 Å². The van der Waals surface area contributed by atoms with Gasteiger partial charge in [0.05, 0.1) is 19.3 Å². The maximum absolute atomic E-state index is 5.72. The molecule has 1 aliphatic carbocycles. The van der Waals surface area contributed by atoms with Crippen LogP contribution in [0.5, 0.6) is 0 Å². The van der Waals surface area contributed by atoms with Crippen LogP contribution in [-0.2, 0) is 9.47 Å². The van der Waals surface area contributed by atoms with Gasteiger partial charge in [-0.05, 0) is 45.1 Å². The topological polar surface area (TPSA) is 58.1 Å². The average Bonchev–Trinajstić information content (AvgIpc) is 3.21. The van der Waals surface area contributed by atoms with Crippen LogP contribution in [0, 0.1) is 0 Å². The Hall–Kier alpha value is -0.120. The molecule has 3 rings (SSSR count). The summed E-state index contributed by atoms with van der Waals surface area (Å²) in [6, 6.07) is 1.32. The first kappa shape index (κ1) is 23.2. The van der Waals surface area contributed by atoms with Gasteiger partial charge in [-0.25, -0.2) is 0 Å². The molecule has 2 aliphatic heterocycles. The van der Waals surface area contributed by atoms with E-state index < -0.39 is 0 Å².